The van der Waals surface area contributed by atoms with Crippen LogP contribution in [-0.2, 0) is 6.18 Å². The molecule has 2 aromatic rings. The van der Waals surface area contributed by atoms with Crippen molar-refractivity contribution in [3.63, 3.8) is 0 Å². The Bertz CT molecular complexity index is 737. The van der Waals surface area contributed by atoms with Gasteiger partial charge in [0, 0.05) is 24.7 Å². The van der Waals surface area contributed by atoms with E-state index in [4.69, 9.17) is 0 Å². The highest BCUT2D eigenvalue weighted by Gasteiger charge is 2.38. The van der Waals surface area contributed by atoms with E-state index in [1.165, 1.54) is 18.2 Å². The first-order valence-corrected chi connectivity index (χ1v) is 8.33. The van der Waals surface area contributed by atoms with Crippen molar-refractivity contribution < 1.29 is 18.0 Å². The van der Waals surface area contributed by atoms with Crippen LogP contribution in [0.15, 0.2) is 18.2 Å². The molecule has 0 saturated carbocycles. The Labute approximate surface area is 144 Å². The molecule has 1 aromatic carbocycles. The molecular formula is C17H23F3N4O. The maximum Gasteiger partial charge on any atom is 0.449 e. The van der Waals surface area contributed by atoms with Crippen LogP contribution >= 0.6 is 0 Å². The highest BCUT2D eigenvalue weighted by Crippen LogP contribution is 2.33. The van der Waals surface area contributed by atoms with Crippen molar-refractivity contribution in [1.29, 1.82) is 0 Å². The molecule has 1 heterocycles. The van der Waals surface area contributed by atoms with Crippen molar-refractivity contribution in [2.24, 2.45) is 0 Å². The fourth-order valence-corrected chi connectivity index (χ4v) is 2.63. The fourth-order valence-electron chi connectivity index (χ4n) is 2.63. The lowest BCUT2D eigenvalue weighted by Gasteiger charge is -2.14. The predicted octanol–water partition coefficient (Wildman–Crippen LogP) is 3.37. The van der Waals surface area contributed by atoms with Crippen molar-refractivity contribution in [3.05, 3.63) is 29.6 Å². The van der Waals surface area contributed by atoms with E-state index in [2.05, 4.69) is 15.6 Å². The average Bonchev–Trinajstić information content (AvgIpc) is 2.93. The Kier molecular flexibility index (Phi) is 6.05. The minimum atomic E-state index is -4.54. The number of aromatic nitrogens is 2. The number of imidazole rings is 1. The molecule has 0 atom stereocenters. The second-order valence-electron chi connectivity index (χ2n) is 6.11. The molecular weight excluding hydrogens is 333 g/mol. The number of rotatable bonds is 7. The molecule has 8 heteroatoms. The highest BCUT2D eigenvalue weighted by molar-refractivity contribution is 5.97. The largest absolute Gasteiger partial charge is 0.449 e. The van der Waals surface area contributed by atoms with Crippen LogP contribution < -0.4 is 10.6 Å². The van der Waals surface area contributed by atoms with Crippen molar-refractivity contribution in [3.8, 4) is 0 Å². The van der Waals surface area contributed by atoms with Gasteiger partial charge in [-0.2, -0.15) is 13.2 Å². The zero-order valence-corrected chi connectivity index (χ0v) is 14.6. The molecule has 1 amide bonds. The van der Waals surface area contributed by atoms with Gasteiger partial charge < -0.3 is 15.2 Å². The monoisotopic (exact) mass is 356 g/mol. The van der Waals surface area contributed by atoms with Crippen LogP contribution in [0.2, 0.25) is 0 Å². The summed E-state index contributed by atoms with van der Waals surface area (Å²) in [5, 5.41) is 5.89. The summed E-state index contributed by atoms with van der Waals surface area (Å²) in [6.07, 6.45) is -3.54. The first kappa shape index (κ1) is 19.2. The molecule has 0 bridgehead atoms. The van der Waals surface area contributed by atoms with Crippen LogP contribution in [0.4, 0.5) is 13.2 Å². The second kappa shape index (κ2) is 7.86. The molecule has 138 valence electrons. The summed E-state index contributed by atoms with van der Waals surface area (Å²) in [5.41, 5.74) is 0.825. The van der Waals surface area contributed by atoms with Crippen LogP contribution in [0.1, 0.15) is 49.4 Å². The van der Waals surface area contributed by atoms with Crippen LogP contribution in [0, 0.1) is 0 Å². The van der Waals surface area contributed by atoms with Gasteiger partial charge in [0.15, 0.2) is 0 Å². The average molecular weight is 356 g/mol. The molecule has 25 heavy (non-hydrogen) atoms. The summed E-state index contributed by atoms with van der Waals surface area (Å²) in [5.74, 6) is -1.27. The van der Waals surface area contributed by atoms with E-state index < -0.39 is 18.0 Å². The van der Waals surface area contributed by atoms with Gasteiger partial charge in [0.1, 0.15) is 0 Å². The number of nitrogens with zero attached hydrogens (tertiary/aromatic N) is 2. The van der Waals surface area contributed by atoms with Crippen molar-refractivity contribution in [2.45, 2.75) is 39.4 Å². The molecule has 0 fully saturated rings. The van der Waals surface area contributed by atoms with E-state index in [9.17, 15) is 18.0 Å². The summed E-state index contributed by atoms with van der Waals surface area (Å²) in [6, 6.07) is 4.05. The van der Waals surface area contributed by atoms with Gasteiger partial charge in [-0.1, -0.05) is 6.92 Å². The van der Waals surface area contributed by atoms with Crippen molar-refractivity contribution >= 4 is 16.9 Å². The SMILES string of the molecule is CCCNCCNC(=O)c1ccc2c(c1)nc(C(F)(F)F)n2C(C)C. The smallest absolute Gasteiger partial charge is 0.351 e. The first-order valence-electron chi connectivity index (χ1n) is 8.33. The van der Waals surface area contributed by atoms with E-state index in [1.54, 1.807) is 13.8 Å². The van der Waals surface area contributed by atoms with Gasteiger partial charge in [-0.15, -0.1) is 0 Å². The molecule has 0 radical (unpaired) electrons. The van der Waals surface area contributed by atoms with E-state index in [1.807, 2.05) is 6.92 Å². The topological polar surface area (TPSA) is 58.9 Å². The van der Waals surface area contributed by atoms with Crippen molar-refractivity contribution in [2.75, 3.05) is 19.6 Å². The van der Waals surface area contributed by atoms with Crippen LogP contribution in [0.25, 0.3) is 11.0 Å². The number of benzene rings is 1. The van der Waals surface area contributed by atoms with E-state index >= 15 is 0 Å². The third kappa shape index (κ3) is 4.50. The standard InChI is InChI=1S/C17H23F3N4O/c1-4-7-21-8-9-22-15(25)12-5-6-14-13(10-12)23-16(17(18,19)20)24(14)11(2)3/h5-6,10-11,21H,4,7-9H2,1-3H3,(H,22,25). The molecule has 5 nitrogen and oxygen atoms in total. The molecule has 0 saturated heterocycles. The number of fused-ring (bicyclic) bond motifs is 1. The number of nitrogens with one attached hydrogen (secondary N) is 2. The molecule has 0 spiro atoms. The Morgan fingerprint density at radius 1 is 1.24 bits per heavy atom. The lowest BCUT2D eigenvalue weighted by Crippen LogP contribution is -2.32. The Balaban J connectivity index is 2.23. The number of halogens is 3. The fraction of sp³-hybridized carbons (Fsp3) is 0.529. The summed E-state index contributed by atoms with van der Waals surface area (Å²) < 4.78 is 40.8. The molecule has 0 aliphatic rings. The Morgan fingerprint density at radius 3 is 2.56 bits per heavy atom. The number of carbonyl (C=O) groups excluding carboxylic acids is 1. The maximum atomic E-state index is 13.2. The van der Waals surface area contributed by atoms with Gasteiger partial charge in [0.25, 0.3) is 5.91 Å². The number of alkyl halides is 3. The van der Waals surface area contributed by atoms with Gasteiger partial charge in [0.05, 0.1) is 11.0 Å². The molecule has 0 aliphatic carbocycles. The number of carbonyl (C=O) groups is 1. The minimum Gasteiger partial charge on any atom is -0.351 e. The van der Waals surface area contributed by atoms with Crippen LogP contribution in [0.5, 0.6) is 0 Å². The molecule has 2 rings (SSSR count). The minimum absolute atomic E-state index is 0.165. The Morgan fingerprint density at radius 2 is 1.96 bits per heavy atom. The number of hydrogen-bond acceptors (Lipinski definition) is 3. The molecule has 1 aromatic heterocycles. The van der Waals surface area contributed by atoms with E-state index in [-0.39, 0.29) is 11.4 Å². The van der Waals surface area contributed by atoms with Crippen LogP contribution in [-0.4, -0.2) is 35.1 Å². The first-order chi connectivity index (χ1) is 11.8. The number of amides is 1. The molecule has 0 unspecified atom stereocenters. The van der Waals surface area contributed by atoms with Gasteiger partial charge in [-0.05, 0) is 45.0 Å². The molecule has 2 N–H and O–H groups in total. The Hall–Kier alpha value is -2.09. The normalized spacial score (nSPS) is 12.1. The highest BCUT2D eigenvalue weighted by atomic mass is 19.4. The van der Waals surface area contributed by atoms with E-state index in [0.717, 1.165) is 17.5 Å². The summed E-state index contributed by atoms with van der Waals surface area (Å²) in [7, 11) is 0. The van der Waals surface area contributed by atoms with Crippen molar-refractivity contribution in [1.82, 2.24) is 20.2 Å². The maximum absolute atomic E-state index is 13.2. The summed E-state index contributed by atoms with van der Waals surface area (Å²) in [4.78, 5) is 15.9. The third-order valence-electron chi connectivity index (χ3n) is 3.74. The van der Waals surface area contributed by atoms with Gasteiger partial charge in [-0.25, -0.2) is 4.98 Å². The zero-order valence-electron chi connectivity index (χ0n) is 14.6. The zero-order chi connectivity index (χ0) is 18.6. The second-order valence-corrected chi connectivity index (χ2v) is 6.11. The van der Waals surface area contributed by atoms with Gasteiger partial charge in [-0.3, -0.25) is 4.79 Å². The van der Waals surface area contributed by atoms with Crippen LogP contribution in [0.3, 0.4) is 0 Å². The third-order valence-corrected chi connectivity index (χ3v) is 3.74. The van der Waals surface area contributed by atoms with Gasteiger partial charge >= 0.3 is 6.18 Å². The van der Waals surface area contributed by atoms with Gasteiger partial charge in [0.2, 0.25) is 5.82 Å². The lowest BCUT2D eigenvalue weighted by atomic mass is 10.2. The summed E-state index contributed by atoms with van der Waals surface area (Å²) in [6.45, 7) is 7.34. The lowest BCUT2D eigenvalue weighted by molar-refractivity contribution is -0.147. The van der Waals surface area contributed by atoms with E-state index in [0.29, 0.717) is 24.2 Å². The summed E-state index contributed by atoms with van der Waals surface area (Å²) >= 11 is 0. The molecule has 0 aliphatic heterocycles. The predicted molar refractivity (Wildman–Crippen MR) is 90.6 cm³/mol. The number of hydrogen-bond donors (Lipinski definition) is 2. The quantitative estimate of drug-likeness (QED) is 0.748.